The van der Waals surface area contributed by atoms with E-state index in [-0.39, 0.29) is 11.6 Å². The Bertz CT molecular complexity index is 1620. The number of thiophene rings is 2. The van der Waals surface area contributed by atoms with Gasteiger partial charge >= 0.3 is 0 Å². The van der Waals surface area contributed by atoms with Crippen molar-refractivity contribution >= 4 is 55.8 Å². The molecule has 1 aliphatic rings. The Morgan fingerprint density at radius 2 is 0.853 bits per heavy atom. The Labute approximate surface area is 203 Å². The lowest BCUT2D eigenvalue weighted by Crippen LogP contribution is -2.15. The van der Waals surface area contributed by atoms with Gasteiger partial charge in [-0.05, 0) is 56.9 Å². The van der Waals surface area contributed by atoms with E-state index in [1.165, 1.54) is 33.4 Å². The Morgan fingerprint density at radius 3 is 1.29 bits per heavy atom. The van der Waals surface area contributed by atoms with Crippen LogP contribution in [0.15, 0.2) is 97.1 Å². The van der Waals surface area contributed by atoms with Crippen LogP contribution in [-0.2, 0) is 0 Å². The topological polar surface area (TPSA) is 34.1 Å². The Hall–Kier alpha value is -3.86. The van der Waals surface area contributed by atoms with Crippen molar-refractivity contribution in [1.29, 1.82) is 0 Å². The van der Waals surface area contributed by atoms with Crippen LogP contribution in [0.3, 0.4) is 0 Å². The highest BCUT2D eigenvalue weighted by molar-refractivity contribution is 7.20. The minimum Gasteiger partial charge on any atom is -0.288 e. The second-order valence-electron chi connectivity index (χ2n) is 8.49. The van der Waals surface area contributed by atoms with Crippen LogP contribution in [0.5, 0.6) is 0 Å². The third-order valence-corrected chi connectivity index (χ3v) is 8.80. The zero-order valence-corrected chi connectivity index (χ0v) is 19.5. The number of ketones is 2. The summed E-state index contributed by atoms with van der Waals surface area (Å²) in [5.41, 5.74) is 3.10. The fourth-order valence-electron chi connectivity index (χ4n) is 4.67. The normalized spacial score (nSPS) is 12.8. The number of hydrogen-bond donors (Lipinski definition) is 0. The van der Waals surface area contributed by atoms with E-state index >= 15 is 0 Å². The van der Waals surface area contributed by atoms with Gasteiger partial charge in [0, 0.05) is 20.9 Å². The van der Waals surface area contributed by atoms with E-state index in [4.69, 9.17) is 0 Å². The highest BCUT2D eigenvalue weighted by Gasteiger charge is 2.34. The number of carbonyl (C=O) groups excluding carboxylic acids is 2. The second kappa shape index (κ2) is 7.32. The molecule has 2 aromatic heterocycles. The Balaban J connectivity index is 1.30. The lowest BCUT2D eigenvalue weighted by molar-refractivity contribution is 0.0986. The van der Waals surface area contributed by atoms with Gasteiger partial charge in [0.2, 0.25) is 11.6 Å². The average Bonchev–Trinajstić information content (AvgIpc) is 3.53. The second-order valence-corrected chi connectivity index (χ2v) is 10.6. The van der Waals surface area contributed by atoms with Gasteiger partial charge in [-0.25, -0.2) is 0 Å². The molecule has 0 fully saturated rings. The van der Waals surface area contributed by atoms with Crippen LogP contribution in [0.25, 0.3) is 42.4 Å². The molecule has 4 heteroatoms. The van der Waals surface area contributed by atoms with Crippen molar-refractivity contribution in [2.45, 2.75) is 0 Å². The van der Waals surface area contributed by atoms with Gasteiger partial charge in [0.25, 0.3) is 0 Å². The van der Waals surface area contributed by atoms with Crippen molar-refractivity contribution in [1.82, 2.24) is 0 Å². The van der Waals surface area contributed by atoms with Crippen LogP contribution in [0, 0.1) is 0 Å². The molecule has 7 rings (SSSR count). The highest BCUT2D eigenvalue weighted by atomic mass is 32.1. The van der Waals surface area contributed by atoms with Gasteiger partial charge < -0.3 is 0 Å². The first kappa shape index (κ1) is 19.6. The predicted octanol–water partition coefficient (Wildman–Crippen LogP) is 8.23. The summed E-state index contributed by atoms with van der Waals surface area (Å²) in [6.45, 7) is 0. The van der Waals surface area contributed by atoms with E-state index in [0.717, 1.165) is 31.7 Å². The van der Waals surface area contributed by atoms with Gasteiger partial charge in [-0.15, -0.1) is 22.7 Å². The largest absolute Gasteiger partial charge is 0.288 e. The summed E-state index contributed by atoms with van der Waals surface area (Å²) in [5.74, 6) is -0.102. The summed E-state index contributed by atoms with van der Waals surface area (Å²) >= 11 is 2.83. The zero-order chi connectivity index (χ0) is 22.8. The zero-order valence-electron chi connectivity index (χ0n) is 17.9. The molecular formula is C30H16O2S2. The summed E-state index contributed by atoms with van der Waals surface area (Å²) < 4.78 is 0. The maximum Gasteiger partial charge on any atom is 0.205 e. The molecule has 0 saturated heterocycles. The van der Waals surface area contributed by atoms with E-state index in [0.29, 0.717) is 20.9 Å². The average molecular weight is 473 g/mol. The monoisotopic (exact) mass is 472 g/mol. The molecule has 0 atom stereocenters. The van der Waals surface area contributed by atoms with Crippen molar-refractivity contribution in [3.8, 4) is 20.9 Å². The summed E-state index contributed by atoms with van der Waals surface area (Å²) in [6, 6.07) is 32.7. The van der Waals surface area contributed by atoms with Crippen LogP contribution in [-0.4, -0.2) is 11.6 Å². The lowest BCUT2D eigenvalue weighted by atomic mass is 9.94. The molecule has 0 aliphatic heterocycles. The van der Waals surface area contributed by atoms with Gasteiger partial charge in [-0.3, -0.25) is 9.59 Å². The first-order valence-corrected chi connectivity index (χ1v) is 12.6. The summed E-state index contributed by atoms with van der Waals surface area (Å²) in [4.78, 5) is 29.8. The van der Waals surface area contributed by atoms with Crippen LogP contribution >= 0.6 is 22.7 Å². The van der Waals surface area contributed by atoms with Crippen molar-refractivity contribution in [2.75, 3.05) is 0 Å². The van der Waals surface area contributed by atoms with Crippen LogP contribution in [0.4, 0.5) is 0 Å². The maximum absolute atomic E-state index is 13.4. The fourth-order valence-corrected chi connectivity index (χ4v) is 6.88. The minimum atomic E-state index is -0.0510. The van der Waals surface area contributed by atoms with Crippen molar-refractivity contribution in [2.24, 2.45) is 0 Å². The van der Waals surface area contributed by atoms with E-state index in [9.17, 15) is 9.59 Å². The third-order valence-electron chi connectivity index (χ3n) is 6.43. The Morgan fingerprint density at radius 1 is 0.441 bits per heavy atom. The molecule has 1 aliphatic carbocycles. The number of carbonyl (C=O) groups is 2. The van der Waals surface area contributed by atoms with Gasteiger partial charge in [-0.1, -0.05) is 72.8 Å². The summed E-state index contributed by atoms with van der Waals surface area (Å²) in [6.07, 6.45) is 0. The van der Waals surface area contributed by atoms with Crippen LogP contribution in [0.2, 0.25) is 0 Å². The predicted molar refractivity (Wildman–Crippen MR) is 141 cm³/mol. The number of hydrogen-bond acceptors (Lipinski definition) is 4. The molecular weight excluding hydrogens is 456 g/mol. The summed E-state index contributed by atoms with van der Waals surface area (Å²) in [7, 11) is 0. The van der Waals surface area contributed by atoms with Crippen molar-refractivity contribution in [3.05, 3.63) is 118 Å². The highest BCUT2D eigenvalue weighted by Crippen LogP contribution is 2.43. The number of benzene rings is 4. The molecule has 0 unspecified atom stereocenters. The van der Waals surface area contributed by atoms with Crippen molar-refractivity contribution < 1.29 is 9.59 Å². The van der Waals surface area contributed by atoms with E-state index in [1.807, 2.05) is 36.4 Å². The molecule has 2 heterocycles. The smallest absolute Gasteiger partial charge is 0.205 e. The molecule has 6 aromatic rings. The number of rotatable bonds is 2. The molecule has 34 heavy (non-hydrogen) atoms. The first-order valence-electron chi connectivity index (χ1n) is 11.0. The van der Waals surface area contributed by atoms with Crippen LogP contribution < -0.4 is 0 Å². The van der Waals surface area contributed by atoms with E-state index < -0.39 is 0 Å². The Kier molecular flexibility index (Phi) is 4.22. The third kappa shape index (κ3) is 2.93. The quantitative estimate of drug-likeness (QED) is 0.254. The van der Waals surface area contributed by atoms with E-state index in [2.05, 4.69) is 60.7 Å². The molecule has 0 radical (unpaired) electrons. The number of fused-ring (bicyclic) bond motifs is 4. The molecule has 4 aromatic carbocycles. The molecule has 2 nitrogen and oxygen atoms in total. The molecule has 0 bridgehead atoms. The maximum atomic E-state index is 13.4. The SMILES string of the molecule is O=C1c2cc(-c3ccc4ccccc4c3)sc2C(=O)c2cc(-c3ccc4ccccc4c3)sc21. The standard InChI is InChI=1S/C30H16O2S2/c31-27-23-15-25(21-11-9-17-5-1-3-7-19(17)13-21)33-29(23)28(32)24-16-26(34-30(24)27)22-12-10-18-6-2-4-8-20(18)14-22/h1-16H. The molecule has 160 valence electrons. The molecule has 0 spiro atoms. The van der Waals surface area contributed by atoms with Crippen molar-refractivity contribution in [3.63, 3.8) is 0 Å². The molecule has 0 N–H and O–H groups in total. The fraction of sp³-hybridized carbons (Fsp3) is 0. The summed E-state index contributed by atoms with van der Waals surface area (Å²) in [5, 5.41) is 4.62. The van der Waals surface area contributed by atoms with Gasteiger partial charge in [0.05, 0.1) is 9.75 Å². The molecule has 0 saturated carbocycles. The van der Waals surface area contributed by atoms with Gasteiger partial charge in [-0.2, -0.15) is 0 Å². The van der Waals surface area contributed by atoms with Crippen LogP contribution in [0.1, 0.15) is 30.5 Å². The minimum absolute atomic E-state index is 0.0510. The van der Waals surface area contributed by atoms with E-state index in [1.54, 1.807) is 0 Å². The molecule has 0 amide bonds. The lowest BCUT2D eigenvalue weighted by Gasteiger charge is -2.08. The first-order chi connectivity index (χ1) is 16.7. The van der Waals surface area contributed by atoms with Gasteiger partial charge in [0.15, 0.2) is 0 Å². The van der Waals surface area contributed by atoms with Gasteiger partial charge in [0.1, 0.15) is 0 Å².